The first-order chi connectivity index (χ1) is 9.37. The monoisotopic (exact) mass is 276 g/mol. The number of phenolic OH excluding ortho intramolecular Hbond substituents is 1. The van der Waals surface area contributed by atoms with Crippen LogP contribution in [0, 0.1) is 5.92 Å². The zero-order valence-electron chi connectivity index (χ0n) is 13.2. The van der Waals surface area contributed by atoms with Gasteiger partial charge in [0.1, 0.15) is 5.75 Å². The molecular formula is C17H28N2O. The van der Waals surface area contributed by atoms with Gasteiger partial charge in [-0.1, -0.05) is 26.0 Å². The van der Waals surface area contributed by atoms with Crippen molar-refractivity contribution in [2.45, 2.75) is 52.2 Å². The summed E-state index contributed by atoms with van der Waals surface area (Å²) in [4.78, 5) is 2.53. The van der Waals surface area contributed by atoms with Gasteiger partial charge in [-0.2, -0.15) is 0 Å². The highest BCUT2D eigenvalue weighted by Gasteiger charge is 2.33. The van der Waals surface area contributed by atoms with Crippen molar-refractivity contribution in [3.05, 3.63) is 29.8 Å². The summed E-state index contributed by atoms with van der Waals surface area (Å²) < 4.78 is 0. The molecule has 3 nitrogen and oxygen atoms in total. The van der Waals surface area contributed by atoms with Gasteiger partial charge in [0, 0.05) is 31.2 Å². The largest absolute Gasteiger partial charge is 0.508 e. The normalized spacial score (nSPS) is 23.1. The van der Waals surface area contributed by atoms with Gasteiger partial charge in [-0.05, 0) is 43.9 Å². The third kappa shape index (κ3) is 3.97. The van der Waals surface area contributed by atoms with Crippen molar-refractivity contribution in [3.8, 4) is 5.75 Å². The van der Waals surface area contributed by atoms with E-state index in [1.165, 1.54) is 12.0 Å². The molecule has 0 radical (unpaired) electrons. The first-order valence-electron chi connectivity index (χ1n) is 7.63. The van der Waals surface area contributed by atoms with Gasteiger partial charge in [-0.25, -0.2) is 0 Å². The molecule has 1 saturated heterocycles. The molecular weight excluding hydrogens is 248 g/mol. The lowest BCUT2D eigenvalue weighted by Crippen LogP contribution is -2.61. The minimum atomic E-state index is 0.152. The molecule has 0 aromatic heterocycles. The summed E-state index contributed by atoms with van der Waals surface area (Å²) in [5.41, 5.74) is 1.34. The van der Waals surface area contributed by atoms with Crippen molar-refractivity contribution >= 4 is 0 Å². The average Bonchev–Trinajstić information content (AvgIpc) is 2.33. The van der Waals surface area contributed by atoms with E-state index in [-0.39, 0.29) is 5.54 Å². The van der Waals surface area contributed by atoms with Gasteiger partial charge in [0.25, 0.3) is 0 Å². The molecule has 2 N–H and O–H groups in total. The van der Waals surface area contributed by atoms with Crippen molar-refractivity contribution < 1.29 is 5.11 Å². The zero-order chi connectivity index (χ0) is 14.8. The number of nitrogens with zero attached hydrogens (tertiary/aromatic N) is 1. The molecule has 112 valence electrons. The second-order valence-corrected chi connectivity index (χ2v) is 7.07. The van der Waals surface area contributed by atoms with E-state index in [2.05, 4.69) is 44.0 Å². The van der Waals surface area contributed by atoms with Crippen LogP contribution in [0.15, 0.2) is 24.3 Å². The zero-order valence-corrected chi connectivity index (χ0v) is 13.2. The Kier molecular flexibility index (Phi) is 4.71. The van der Waals surface area contributed by atoms with Crippen molar-refractivity contribution in [1.82, 2.24) is 10.2 Å². The molecule has 20 heavy (non-hydrogen) atoms. The molecule has 1 atom stereocenters. The predicted octanol–water partition coefficient (Wildman–Crippen LogP) is 2.99. The van der Waals surface area contributed by atoms with Crippen LogP contribution in [0.5, 0.6) is 5.75 Å². The molecule has 0 amide bonds. The predicted molar refractivity (Wildman–Crippen MR) is 83.8 cm³/mol. The van der Waals surface area contributed by atoms with Crippen molar-refractivity contribution in [3.63, 3.8) is 0 Å². The topological polar surface area (TPSA) is 35.5 Å². The highest BCUT2D eigenvalue weighted by atomic mass is 16.3. The highest BCUT2D eigenvalue weighted by Crippen LogP contribution is 2.24. The van der Waals surface area contributed by atoms with E-state index < -0.39 is 0 Å². The molecule has 2 rings (SSSR count). The second-order valence-electron chi connectivity index (χ2n) is 7.07. The summed E-state index contributed by atoms with van der Waals surface area (Å²) in [5.74, 6) is 1.07. The number of nitrogens with one attached hydrogen (secondary N) is 1. The van der Waals surface area contributed by atoms with Crippen molar-refractivity contribution in [1.29, 1.82) is 0 Å². The van der Waals surface area contributed by atoms with Crippen LogP contribution in [0.3, 0.4) is 0 Å². The quantitative estimate of drug-likeness (QED) is 0.887. The smallest absolute Gasteiger partial charge is 0.115 e. The Hall–Kier alpha value is -1.06. The Labute approximate surface area is 123 Å². The van der Waals surface area contributed by atoms with E-state index in [0.717, 1.165) is 25.6 Å². The van der Waals surface area contributed by atoms with Crippen LogP contribution >= 0.6 is 0 Å². The van der Waals surface area contributed by atoms with Crippen molar-refractivity contribution in [2.75, 3.05) is 13.1 Å². The molecule has 0 bridgehead atoms. The van der Waals surface area contributed by atoms with Crippen LogP contribution < -0.4 is 5.32 Å². The Balaban J connectivity index is 2.06. The minimum absolute atomic E-state index is 0.152. The molecule has 3 heteroatoms. The summed E-state index contributed by atoms with van der Waals surface area (Å²) >= 11 is 0. The number of aromatic hydroxyl groups is 1. The summed E-state index contributed by atoms with van der Waals surface area (Å²) in [6, 6.07) is 8.19. The summed E-state index contributed by atoms with van der Waals surface area (Å²) in [6.45, 7) is 12.1. The molecule has 1 aliphatic rings. The third-order valence-corrected chi connectivity index (χ3v) is 4.16. The van der Waals surface area contributed by atoms with E-state index in [0.29, 0.717) is 11.8 Å². The minimum Gasteiger partial charge on any atom is -0.508 e. The lowest BCUT2D eigenvalue weighted by atomic mass is 9.93. The highest BCUT2D eigenvalue weighted by molar-refractivity contribution is 5.27. The number of hydrogen-bond donors (Lipinski definition) is 2. The van der Waals surface area contributed by atoms with Gasteiger partial charge >= 0.3 is 0 Å². The average molecular weight is 276 g/mol. The number of hydrogen-bond acceptors (Lipinski definition) is 3. The van der Waals surface area contributed by atoms with Crippen molar-refractivity contribution in [2.24, 2.45) is 5.92 Å². The lowest BCUT2D eigenvalue weighted by molar-refractivity contribution is 0.0535. The maximum absolute atomic E-state index is 9.61. The standard InChI is InChI=1S/C17H28N2O/c1-13(2)8-15-11-19(17(3,4)12-18-15)10-14-6-5-7-16(20)9-14/h5-7,9,13,15,18,20H,8,10-12H2,1-4H3. The van der Waals surface area contributed by atoms with E-state index in [9.17, 15) is 5.11 Å². The fraction of sp³-hybridized carbons (Fsp3) is 0.647. The molecule has 1 fully saturated rings. The molecule has 1 unspecified atom stereocenters. The third-order valence-electron chi connectivity index (χ3n) is 4.16. The van der Waals surface area contributed by atoms with Gasteiger partial charge in [0.15, 0.2) is 0 Å². The maximum atomic E-state index is 9.61. The molecule has 1 aliphatic heterocycles. The fourth-order valence-electron chi connectivity index (χ4n) is 2.96. The van der Waals surface area contributed by atoms with Gasteiger partial charge in [0.05, 0.1) is 0 Å². The van der Waals surface area contributed by atoms with Crippen LogP contribution in [-0.4, -0.2) is 34.7 Å². The van der Waals surface area contributed by atoms with E-state index >= 15 is 0 Å². The maximum Gasteiger partial charge on any atom is 0.115 e. The number of piperazine rings is 1. The van der Waals surface area contributed by atoms with Gasteiger partial charge in [0.2, 0.25) is 0 Å². The van der Waals surface area contributed by atoms with Crippen LogP contribution in [0.2, 0.25) is 0 Å². The van der Waals surface area contributed by atoms with Crippen LogP contribution in [0.25, 0.3) is 0 Å². The molecule has 0 aliphatic carbocycles. The Morgan fingerprint density at radius 1 is 1.40 bits per heavy atom. The van der Waals surface area contributed by atoms with Crippen LogP contribution in [0.1, 0.15) is 39.7 Å². The van der Waals surface area contributed by atoms with Gasteiger partial charge < -0.3 is 10.4 Å². The number of benzene rings is 1. The molecule has 0 saturated carbocycles. The second kappa shape index (κ2) is 6.15. The summed E-state index contributed by atoms with van der Waals surface area (Å²) in [7, 11) is 0. The van der Waals surface area contributed by atoms with Crippen LogP contribution in [-0.2, 0) is 6.54 Å². The van der Waals surface area contributed by atoms with E-state index in [1.54, 1.807) is 6.07 Å². The van der Waals surface area contributed by atoms with Gasteiger partial charge in [-0.3, -0.25) is 4.90 Å². The Bertz CT molecular complexity index is 442. The molecule has 1 aromatic rings. The Morgan fingerprint density at radius 2 is 2.15 bits per heavy atom. The SMILES string of the molecule is CC(C)CC1CN(Cc2cccc(O)c2)C(C)(C)CN1. The number of rotatable bonds is 4. The fourth-order valence-corrected chi connectivity index (χ4v) is 2.96. The lowest BCUT2D eigenvalue weighted by Gasteiger charge is -2.46. The molecule has 0 spiro atoms. The first kappa shape index (κ1) is 15.3. The summed E-state index contributed by atoms with van der Waals surface area (Å²) in [5, 5.41) is 13.3. The van der Waals surface area contributed by atoms with E-state index in [4.69, 9.17) is 0 Å². The molecule has 1 aromatic carbocycles. The first-order valence-corrected chi connectivity index (χ1v) is 7.63. The van der Waals surface area contributed by atoms with Gasteiger partial charge in [-0.15, -0.1) is 0 Å². The number of phenols is 1. The summed E-state index contributed by atoms with van der Waals surface area (Å²) in [6.07, 6.45) is 1.21. The Morgan fingerprint density at radius 3 is 2.80 bits per heavy atom. The van der Waals surface area contributed by atoms with E-state index in [1.807, 2.05) is 12.1 Å². The molecule has 1 heterocycles. The van der Waals surface area contributed by atoms with Crippen LogP contribution in [0.4, 0.5) is 0 Å².